The van der Waals surface area contributed by atoms with Crippen molar-refractivity contribution >= 4 is 28.1 Å². The molecule has 0 aliphatic carbocycles. The third-order valence-corrected chi connectivity index (χ3v) is 4.24. The van der Waals surface area contributed by atoms with Crippen molar-refractivity contribution in [2.75, 3.05) is 11.5 Å². The largest absolute Gasteiger partial charge is 0.399 e. The first-order valence-corrected chi connectivity index (χ1v) is 7.14. The normalized spacial score (nSPS) is 13.0. The van der Waals surface area contributed by atoms with Crippen LogP contribution in [0.15, 0.2) is 23.1 Å². The number of halogens is 1. The third kappa shape index (κ3) is 4.14. The van der Waals surface area contributed by atoms with E-state index in [4.69, 9.17) is 17.3 Å². The maximum atomic E-state index is 11.9. The van der Waals surface area contributed by atoms with Crippen molar-refractivity contribution in [3.05, 3.63) is 23.2 Å². The molecule has 0 radical (unpaired) electrons. The molecule has 1 rings (SSSR count). The van der Waals surface area contributed by atoms with E-state index in [1.54, 1.807) is 18.2 Å². The molecule has 0 heterocycles. The SMILES string of the molecule is CC(C)CCCS(=O)c1ccc(N)cc1Cl. The van der Waals surface area contributed by atoms with Crippen LogP contribution in [0.5, 0.6) is 0 Å². The van der Waals surface area contributed by atoms with E-state index >= 15 is 0 Å². The van der Waals surface area contributed by atoms with Crippen molar-refractivity contribution in [1.29, 1.82) is 0 Å². The van der Waals surface area contributed by atoms with Crippen LogP contribution in [0, 0.1) is 5.92 Å². The quantitative estimate of drug-likeness (QED) is 0.823. The van der Waals surface area contributed by atoms with Gasteiger partial charge in [-0.05, 0) is 30.5 Å². The van der Waals surface area contributed by atoms with Crippen molar-refractivity contribution in [2.24, 2.45) is 5.92 Å². The molecule has 0 saturated carbocycles. The molecule has 90 valence electrons. The average molecular weight is 260 g/mol. The van der Waals surface area contributed by atoms with Gasteiger partial charge in [0.05, 0.1) is 20.7 Å². The molecule has 0 aliphatic rings. The zero-order chi connectivity index (χ0) is 12.1. The van der Waals surface area contributed by atoms with E-state index in [0.29, 0.717) is 27.3 Å². The zero-order valence-electron chi connectivity index (χ0n) is 9.70. The lowest BCUT2D eigenvalue weighted by molar-refractivity contribution is 0.575. The lowest BCUT2D eigenvalue weighted by Crippen LogP contribution is -2.01. The van der Waals surface area contributed by atoms with Gasteiger partial charge in [0.25, 0.3) is 0 Å². The van der Waals surface area contributed by atoms with Crippen LogP contribution in [0.4, 0.5) is 5.69 Å². The Morgan fingerprint density at radius 1 is 1.44 bits per heavy atom. The van der Waals surface area contributed by atoms with E-state index in [1.807, 2.05) is 0 Å². The molecule has 1 unspecified atom stereocenters. The van der Waals surface area contributed by atoms with Gasteiger partial charge in [0.15, 0.2) is 0 Å². The molecule has 1 aromatic carbocycles. The standard InChI is InChI=1S/C12H18ClNOS/c1-9(2)4-3-7-16(15)12-6-5-10(14)8-11(12)13/h5-6,8-9H,3-4,7,14H2,1-2H3. The highest BCUT2D eigenvalue weighted by Crippen LogP contribution is 2.23. The second-order valence-electron chi connectivity index (χ2n) is 4.28. The highest BCUT2D eigenvalue weighted by molar-refractivity contribution is 7.85. The molecular weight excluding hydrogens is 242 g/mol. The Balaban J connectivity index is 2.59. The summed E-state index contributed by atoms with van der Waals surface area (Å²) >= 11 is 5.99. The first kappa shape index (κ1) is 13.5. The highest BCUT2D eigenvalue weighted by Gasteiger charge is 2.08. The van der Waals surface area contributed by atoms with E-state index in [2.05, 4.69) is 13.8 Å². The molecular formula is C12H18ClNOS. The second-order valence-corrected chi connectivity index (χ2v) is 6.22. The Hall–Kier alpha value is -0.540. The van der Waals surface area contributed by atoms with E-state index in [9.17, 15) is 4.21 Å². The number of benzene rings is 1. The summed E-state index contributed by atoms with van der Waals surface area (Å²) in [6.07, 6.45) is 2.06. The van der Waals surface area contributed by atoms with Gasteiger partial charge in [-0.3, -0.25) is 4.21 Å². The van der Waals surface area contributed by atoms with E-state index in [-0.39, 0.29) is 0 Å². The number of hydrogen-bond donors (Lipinski definition) is 1. The van der Waals surface area contributed by atoms with Crippen molar-refractivity contribution in [2.45, 2.75) is 31.6 Å². The summed E-state index contributed by atoms with van der Waals surface area (Å²) in [5, 5.41) is 0.503. The summed E-state index contributed by atoms with van der Waals surface area (Å²) < 4.78 is 11.9. The zero-order valence-corrected chi connectivity index (χ0v) is 11.3. The molecule has 0 amide bonds. The van der Waals surface area contributed by atoms with E-state index in [0.717, 1.165) is 12.8 Å². The number of nitrogen functional groups attached to an aromatic ring is 1. The fourth-order valence-corrected chi connectivity index (χ4v) is 3.03. The molecule has 1 atom stereocenters. The Bertz CT molecular complexity index is 379. The summed E-state index contributed by atoms with van der Waals surface area (Å²) in [4.78, 5) is 0.694. The molecule has 2 nitrogen and oxygen atoms in total. The van der Waals surface area contributed by atoms with Crippen LogP contribution >= 0.6 is 11.6 Å². The third-order valence-electron chi connectivity index (χ3n) is 2.31. The maximum Gasteiger partial charge on any atom is 0.0587 e. The minimum absolute atomic E-state index is 0.503. The molecule has 16 heavy (non-hydrogen) atoms. The Labute approximate surface area is 105 Å². The molecule has 0 fully saturated rings. The number of nitrogens with two attached hydrogens (primary N) is 1. The summed E-state index contributed by atoms with van der Waals surface area (Å²) in [5.41, 5.74) is 6.19. The molecule has 4 heteroatoms. The Morgan fingerprint density at radius 2 is 2.12 bits per heavy atom. The number of anilines is 1. The smallest absolute Gasteiger partial charge is 0.0587 e. The van der Waals surface area contributed by atoms with E-state index < -0.39 is 10.8 Å². The maximum absolute atomic E-state index is 11.9. The number of rotatable bonds is 5. The van der Waals surface area contributed by atoms with Crippen LogP contribution in [0.25, 0.3) is 0 Å². The van der Waals surface area contributed by atoms with Gasteiger partial charge in [-0.15, -0.1) is 0 Å². The molecule has 0 saturated heterocycles. The highest BCUT2D eigenvalue weighted by atomic mass is 35.5. The van der Waals surface area contributed by atoms with Crippen molar-refractivity contribution in [1.82, 2.24) is 0 Å². The fraction of sp³-hybridized carbons (Fsp3) is 0.500. The van der Waals surface area contributed by atoms with Gasteiger partial charge in [0.1, 0.15) is 0 Å². The molecule has 0 aliphatic heterocycles. The number of hydrogen-bond acceptors (Lipinski definition) is 2. The van der Waals surface area contributed by atoms with Gasteiger partial charge in [-0.1, -0.05) is 31.9 Å². The monoisotopic (exact) mass is 259 g/mol. The first-order valence-electron chi connectivity index (χ1n) is 5.44. The summed E-state index contributed by atoms with van der Waals surface area (Å²) in [5.74, 6) is 1.32. The van der Waals surface area contributed by atoms with Crippen LogP contribution in [0.3, 0.4) is 0 Å². The van der Waals surface area contributed by atoms with Crippen molar-refractivity contribution in [3.8, 4) is 0 Å². The molecule has 2 N–H and O–H groups in total. The Morgan fingerprint density at radius 3 is 2.69 bits per heavy atom. The lowest BCUT2D eigenvalue weighted by atomic mass is 10.1. The van der Waals surface area contributed by atoms with Crippen LogP contribution in [0.1, 0.15) is 26.7 Å². The van der Waals surface area contributed by atoms with Crippen LogP contribution in [-0.2, 0) is 10.8 Å². The van der Waals surface area contributed by atoms with Gasteiger partial charge in [0.2, 0.25) is 0 Å². The van der Waals surface area contributed by atoms with Gasteiger partial charge in [-0.25, -0.2) is 0 Å². The average Bonchev–Trinajstić information content (AvgIpc) is 2.16. The second kappa shape index (κ2) is 6.26. The summed E-state index contributed by atoms with van der Waals surface area (Å²) in [6.45, 7) is 4.33. The summed E-state index contributed by atoms with van der Waals surface area (Å²) in [7, 11) is -1.01. The molecule has 1 aromatic rings. The van der Waals surface area contributed by atoms with Crippen LogP contribution in [0.2, 0.25) is 5.02 Å². The fourth-order valence-electron chi connectivity index (χ4n) is 1.43. The van der Waals surface area contributed by atoms with Gasteiger partial charge in [0, 0.05) is 11.4 Å². The van der Waals surface area contributed by atoms with Crippen LogP contribution < -0.4 is 5.73 Å². The first-order chi connectivity index (χ1) is 7.50. The van der Waals surface area contributed by atoms with Gasteiger partial charge in [-0.2, -0.15) is 0 Å². The topological polar surface area (TPSA) is 43.1 Å². The minimum atomic E-state index is -1.01. The van der Waals surface area contributed by atoms with Gasteiger partial charge < -0.3 is 5.73 Å². The van der Waals surface area contributed by atoms with E-state index in [1.165, 1.54) is 0 Å². The Kier molecular flexibility index (Phi) is 5.29. The molecule has 0 aromatic heterocycles. The van der Waals surface area contributed by atoms with Crippen molar-refractivity contribution in [3.63, 3.8) is 0 Å². The molecule has 0 bridgehead atoms. The molecule has 0 spiro atoms. The minimum Gasteiger partial charge on any atom is -0.399 e. The lowest BCUT2D eigenvalue weighted by Gasteiger charge is -2.06. The van der Waals surface area contributed by atoms with Gasteiger partial charge >= 0.3 is 0 Å². The summed E-state index contributed by atoms with van der Waals surface area (Å²) in [6, 6.07) is 5.14. The predicted molar refractivity (Wildman–Crippen MR) is 71.2 cm³/mol. The predicted octanol–water partition coefficient (Wildman–Crippen LogP) is 3.47. The van der Waals surface area contributed by atoms with Crippen LogP contribution in [-0.4, -0.2) is 9.96 Å². The van der Waals surface area contributed by atoms with Crippen molar-refractivity contribution < 1.29 is 4.21 Å².